The van der Waals surface area contributed by atoms with Crippen molar-refractivity contribution >= 4 is 28.9 Å². The zero-order chi connectivity index (χ0) is 15.6. The largest absolute Gasteiger partial charge is 0.370 e. The second kappa shape index (κ2) is 6.27. The Morgan fingerprint density at radius 2 is 1.90 bits per heavy atom. The highest BCUT2D eigenvalue weighted by atomic mass is 35.5. The molecule has 1 heterocycles. The maximum Gasteiger partial charge on any atom is 0.229 e. The highest BCUT2D eigenvalue weighted by molar-refractivity contribution is 6.33. The van der Waals surface area contributed by atoms with Crippen molar-refractivity contribution in [2.75, 3.05) is 23.3 Å². The Morgan fingerprint density at radius 3 is 2.43 bits per heavy atom. The van der Waals surface area contributed by atoms with Gasteiger partial charge >= 0.3 is 0 Å². The highest BCUT2D eigenvalue weighted by Gasteiger charge is 2.22. The van der Waals surface area contributed by atoms with E-state index in [0.29, 0.717) is 5.02 Å². The zero-order valence-electron chi connectivity index (χ0n) is 13.4. The van der Waals surface area contributed by atoms with E-state index in [1.807, 2.05) is 39.0 Å². The van der Waals surface area contributed by atoms with Gasteiger partial charge in [-0.05, 0) is 37.0 Å². The van der Waals surface area contributed by atoms with E-state index >= 15 is 0 Å². The molecule has 4 heteroatoms. The number of hydrogen-bond donors (Lipinski definition) is 1. The minimum atomic E-state index is -0.409. The van der Waals surface area contributed by atoms with Crippen molar-refractivity contribution in [1.82, 2.24) is 0 Å². The van der Waals surface area contributed by atoms with Crippen LogP contribution in [0.1, 0.15) is 40.5 Å². The number of nitrogens with zero attached hydrogens (tertiary/aromatic N) is 1. The van der Waals surface area contributed by atoms with Gasteiger partial charge in [0.2, 0.25) is 5.91 Å². The molecule has 0 unspecified atom stereocenters. The Labute approximate surface area is 132 Å². The maximum atomic E-state index is 12.0. The average Bonchev–Trinajstić information content (AvgIpc) is 2.39. The molecule has 0 saturated carbocycles. The lowest BCUT2D eigenvalue weighted by Gasteiger charge is -2.32. The number of anilines is 2. The van der Waals surface area contributed by atoms with Crippen LogP contribution in [0.4, 0.5) is 11.4 Å². The number of hydrogen-bond acceptors (Lipinski definition) is 2. The molecule has 21 heavy (non-hydrogen) atoms. The molecule has 3 nitrogen and oxygen atoms in total. The van der Waals surface area contributed by atoms with Crippen molar-refractivity contribution < 1.29 is 4.79 Å². The minimum absolute atomic E-state index is 0.00175. The first kappa shape index (κ1) is 16.2. The molecule has 0 bridgehead atoms. The van der Waals surface area contributed by atoms with E-state index in [1.165, 1.54) is 12.8 Å². The predicted octanol–water partition coefficient (Wildman–Crippen LogP) is 4.56. The Morgan fingerprint density at radius 1 is 1.29 bits per heavy atom. The van der Waals surface area contributed by atoms with Crippen LogP contribution in [0, 0.1) is 11.3 Å². The highest BCUT2D eigenvalue weighted by Crippen LogP contribution is 2.32. The molecule has 1 aromatic rings. The molecular formula is C17H25ClN2O. The van der Waals surface area contributed by atoms with Crippen molar-refractivity contribution in [1.29, 1.82) is 0 Å². The van der Waals surface area contributed by atoms with Crippen molar-refractivity contribution in [3.05, 3.63) is 23.2 Å². The Bertz CT molecular complexity index is 514. The molecule has 1 fully saturated rings. The van der Waals surface area contributed by atoms with Crippen LogP contribution in [-0.2, 0) is 4.79 Å². The number of carbonyl (C=O) groups excluding carboxylic acids is 1. The fourth-order valence-corrected chi connectivity index (χ4v) is 2.71. The second-order valence-electron chi connectivity index (χ2n) is 7.04. The fourth-order valence-electron chi connectivity index (χ4n) is 2.41. The number of rotatable bonds is 2. The maximum absolute atomic E-state index is 12.0. The van der Waals surface area contributed by atoms with Gasteiger partial charge in [0.05, 0.1) is 10.7 Å². The molecule has 1 aliphatic heterocycles. The zero-order valence-corrected chi connectivity index (χ0v) is 14.1. The Kier molecular flexibility index (Phi) is 4.82. The second-order valence-corrected chi connectivity index (χ2v) is 7.45. The van der Waals surface area contributed by atoms with Gasteiger partial charge in [-0.25, -0.2) is 0 Å². The third kappa shape index (κ3) is 4.13. The molecule has 1 N–H and O–H groups in total. The van der Waals surface area contributed by atoms with E-state index in [0.717, 1.165) is 30.4 Å². The van der Waals surface area contributed by atoms with Gasteiger partial charge in [-0.15, -0.1) is 0 Å². The lowest BCUT2D eigenvalue weighted by molar-refractivity contribution is -0.123. The van der Waals surface area contributed by atoms with Crippen LogP contribution in [0.15, 0.2) is 18.2 Å². The summed E-state index contributed by atoms with van der Waals surface area (Å²) in [5.74, 6) is 0.795. The summed E-state index contributed by atoms with van der Waals surface area (Å²) >= 11 is 6.40. The molecule has 1 aliphatic rings. The van der Waals surface area contributed by atoms with Crippen molar-refractivity contribution in [2.24, 2.45) is 11.3 Å². The van der Waals surface area contributed by atoms with Crippen molar-refractivity contribution in [3.8, 4) is 0 Å². The summed E-state index contributed by atoms with van der Waals surface area (Å²) in [6, 6.07) is 5.79. The van der Waals surface area contributed by atoms with Crippen molar-refractivity contribution in [2.45, 2.75) is 40.5 Å². The van der Waals surface area contributed by atoms with Crippen molar-refractivity contribution in [3.63, 3.8) is 0 Å². The fraction of sp³-hybridized carbons (Fsp3) is 0.588. The van der Waals surface area contributed by atoms with Crippen LogP contribution >= 0.6 is 11.6 Å². The summed E-state index contributed by atoms with van der Waals surface area (Å²) < 4.78 is 0. The van der Waals surface area contributed by atoms with E-state index in [9.17, 15) is 4.79 Å². The number of benzene rings is 1. The average molecular weight is 309 g/mol. The molecule has 1 amide bonds. The van der Waals surface area contributed by atoms with E-state index in [4.69, 9.17) is 11.6 Å². The van der Waals surface area contributed by atoms with Gasteiger partial charge in [0.25, 0.3) is 0 Å². The van der Waals surface area contributed by atoms with E-state index < -0.39 is 5.41 Å². The molecule has 1 aromatic carbocycles. The summed E-state index contributed by atoms with van der Waals surface area (Å²) in [6.07, 6.45) is 2.41. The summed E-state index contributed by atoms with van der Waals surface area (Å²) in [5, 5.41) is 3.62. The van der Waals surface area contributed by atoms with Gasteiger partial charge in [-0.2, -0.15) is 0 Å². The summed E-state index contributed by atoms with van der Waals surface area (Å²) in [5.41, 5.74) is 1.42. The third-order valence-electron chi connectivity index (χ3n) is 4.01. The Hall–Kier alpha value is -1.22. The Balaban J connectivity index is 2.09. The summed E-state index contributed by atoms with van der Waals surface area (Å²) in [4.78, 5) is 14.3. The number of amides is 1. The smallest absolute Gasteiger partial charge is 0.229 e. The number of carbonyl (C=O) groups is 1. The van der Waals surface area contributed by atoms with Gasteiger partial charge in [-0.3, -0.25) is 4.79 Å². The van der Waals surface area contributed by atoms with Gasteiger partial charge in [0.1, 0.15) is 0 Å². The topological polar surface area (TPSA) is 32.3 Å². The molecule has 0 radical (unpaired) electrons. The molecule has 0 spiro atoms. The summed E-state index contributed by atoms with van der Waals surface area (Å²) in [7, 11) is 0. The van der Waals surface area contributed by atoms with Crippen LogP contribution in [0.25, 0.3) is 0 Å². The first-order valence-corrected chi connectivity index (χ1v) is 8.01. The van der Waals surface area contributed by atoms with Crippen LogP contribution in [0.2, 0.25) is 5.02 Å². The lowest BCUT2D eigenvalue weighted by Crippen LogP contribution is -2.33. The van der Waals surface area contributed by atoms with Crippen LogP contribution < -0.4 is 10.2 Å². The predicted molar refractivity (Wildman–Crippen MR) is 90.1 cm³/mol. The van der Waals surface area contributed by atoms with E-state index in [2.05, 4.69) is 17.1 Å². The monoisotopic (exact) mass is 308 g/mol. The molecule has 1 saturated heterocycles. The SMILES string of the molecule is CC1CCN(c2ccc(NC(=O)C(C)(C)C)cc2Cl)CC1. The lowest BCUT2D eigenvalue weighted by atomic mass is 9.95. The normalized spacial score (nSPS) is 16.9. The first-order chi connectivity index (χ1) is 9.77. The van der Waals surface area contributed by atoms with Gasteiger partial charge in [-0.1, -0.05) is 39.3 Å². The standard InChI is InChI=1S/C17H25ClN2O/c1-12-7-9-20(10-8-12)15-6-5-13(11-14(15)18)19-16(21)17(2,3)4/h5-6,11-12H,7-10H2,1-4H3,(H,19,21). The molecule has 116 valence electrons. The third-order valence-corrected chi connectivity index (χ3v) is 4.31. The number of halogens is 1. The summed E-state index contributed by atoms with van der Waals surface area (Å²) in [6.45, 7) is 10.1. The van der Waals surface area contributed by atoms with E-state index in [-0.39, 0.29) is 5.91 Å². The quantitative estimate of drug-likeness (QED) is 0.868. The van der Waals surface area contributed by atoms with Crippen LogP contribution in [0.3, 0.4) is 0 Å². The number of nitrogens with one attached hydrogen (secondary N) is 1. The molecular weight excluding hydrogens is 284 g/mol. The number of piperidine rings is 1. The molecule has 0 aliphatic carbocycles. The van der Waals surface area contributed by atoms with Crippen LogP contribution in [-0.4, -0.2) is 19.0 Å². The van der Waals surface area contributed by atoms with Crippen LogP contribution in [0.5, 0.6) is 0 Å². The van der Waals surface area contributed by atoms with Gasteiger partial charge in [0, 0.05) is 24.2 Å². The van der Waals surface area contributed by atoms with E-state index in [1.54, 1.807) is 0 Å². The molecule has 0 atom stereocenters. The first-order valence-electron chi connectivity index (χ1n) is 7.63. The van der Waals surface area contributed by atoms with Gasteiger partial charge in [0.15, 0.2) is 0 Å². The minimum Gasteiger partial charge on any atom is -0.370 e. The molecule has 0 aromatic heterocycles. The molecule has 2 rings (SSSR count). The van der Waals surface area contributed by atoms with Gasteiger partial charge < -0.3 is 10.2 Å².